The van der Waals surface area contributed by atoms with Crippen molar-refractivity contribution in [2.45, 2.75) is 37.4 Å². The third kappa shape index (κ3) is 11.4. The molecule has 5 nitrogen and oxygen atoms in total. The van der Waals surface area contributed by atoms with Crippen LogP contribution in [0, 0.1) is 5.82 Å². The molecule has 0 radical (unpaired) electrons. The molecule has 0 saturated carbocycles. The molecule has 1 N–H and O–H groups in total. The Morgan fingerprint density at radius 3 is 2.16 bits per heavy atom. The first-order valence-corrected chi connectivity index (χ1v) is 8.80. The van der Waals surface area contributed by atoms with Crippen molar-refractivity contribution in [1.29, 1.82) is 0 Å². The van der Waals surface area contributed by atoms with Gasteiger partial charge in [-0.2, -0.15) is 0 Å². The van der Waals surface area contributed by atoms with Gasteiger partial charge in [0.15, 0.2) is 6.17 Å². The smallest absolute Gasteiger partial charge is 0.407 e. The molecular weight excluding hydrogens is 350 g/mol. The molecule has 0 saturated heterocycles. The average molecular weight is 376 g/mol. The Morgan fingerprint density at radius 2 is 1.76 bits per heavy atom. The van der Waals surface area contributed by atoms with Gasteiger partial charge in [-0.1, -0.05) is 0 Å². The predicted molar refractivity (Wildman–Crippen MR) is 96.0 cm³/mol. The molecule has 8 heteroatoms. The van der Waals surface area contributed by atoms with Crippen LogP contribution in [0.2, 0.25) is 0 Å². The van der Waals surface area contributed by atoms with Crippen LogP contribution in [-0.2, 0) is 9.53 Å². The van der Waals surface area contributed by atoms with E-state index in [4.69, 9.17) is 4.74 Å². The zero-order valence-electron chi connectivity index (χ0n) is 15.4. The Kier molecular flexibility index (Phi) is 10.1. The van der Waals surface area contributed by atoms with E-state index in [1.54, 1.807) is 44.7 Å². The molecule has 0 fully saturated rings. The van der Waals surface area contributed by atoms with Gasteiger partial charge in [0, 0.05) is 19.0 Å². The van der Waals surface area contributed by atoms with Crippen LogP contribution >= 0.6 is 11.8 Å². The Hall–Kier alpha value is -1.83. The zero-order chi connectivity index (χ0) is 19.6. The van der Waals surface area contributed by atoms with Crippen molar-refractivity contribution in [2.24, 2.45) is 0 Å². The van der Waals surface area contributed by atoms with E-state index in [1.165, 1.54) is 26.2 Å². The summed E-state index contributed by atoms with van der Waals surface area (Å²) in [5.41, 5.74) is -0.637. The summed E-state index contributed by atoms with van der Waals surface area (Å²) in [5, 5.41) is 2.19. The summed E-state index contributed by atoms with van der Waals surface area (Å²) in [6, 6.07) is 6.46. The first-order valence-electron chi connectivity index (χ1n) is 7.58. The van der Waals surface area contributed by atoms with E-state index in [9.17, 15) is 18.4 Å². The third-order valence-electron chi connectivity index (χ3n) is 2.58. The van der Waals surface area contributed by atoms with Gasteiger partial charge in [0.05, 0.1) is 6.54 Å². The molecule has 0 spiro atoms. The summed E-state index contributed by atoms with van der Waals surface area (Å²) >= 11 is 1.61. The number of hydrogen-bond acceptors (Lipinski definition) is 4. The maximum atomic E-state index is 13.2. The number of carbonyl (C=O) groups is 2. The summed E-state index contributed by atoms with van der Waals surface area (Å²) in [7, 11) is 2.89. The van der Waals surface area contributed by atoms with E-state index < -0.39 is 23.8 Å². The van der Waals surface area contributed by atoms with Gasteiger partial charge in [0.1, 0.15) is 11.4 Å². The topological polar surface area (TPSA) is 58.6 Å². The number of amides is 2. The van der Waals surface area contributed by atoms with Gasteiger partial charge < -0.3 is 15.0 Å². The molecule has 1 aromatic carbocycles. The van der Waals surface area contributed by atoms with Crippen LogP contribution in [0.3, 0.4) is 0 Å². The molecule has 0 heterocycles. The van der Waals surface area contributed by atoms with Crippen LogP contribution in [0.15, 0.2) is 29.2 Å². The van der Waals surface area contributed by atoms with E-state index in [2.05, 4.69) is 5.32 Å². The summed E-state index contributed by atoms with van der Waals surface area (Å²) in [5.74, 6) is -0.858. The molecule has 1 aromatic rings. The normalized spacial score (nSPS) is 11.7. The number of nitrogens with zero attached hydrogens (tertiary/aromatic N) is 1. The molecular formula is C17H26F2N2O3S. The lowest BCUT2D eigenvalue weighted by Gasteiger charge is -2.20. The molecule has 0 aliphatic rings. The maximum absolute atomic E-state index is 13.2. The van der Waals surface area contributed by atoms with Gasteiger partial charge in [-0.05, 0) is 51.3 Å². The molecule has 0 bridgehead atoms. The highest BCUT2D eigenvalue weighted by atomic mass is 32.2. The Bertz CT molecular complexity index is 546. The van der Waals surface area contributed by atoms with Crippen molar-refractivity contribution >= 4 is 23.8 Å². The molecule has 0 aromatic heterocycles. The lowest BCUT2D eigenvalue weighted by Crippen LogP contribution is -2.41. The lowest BCUT2D eigenvalue weighted by molar-refractivity contribution is -0.133. The van der Waals surface area contributed by atoms with Crippen LogP contribution in [0.25, 0.3) is 0 Å². The second kappa shape index (κ2) is 10.9. The fraction of sp³-hybridized carbons (Fsp3) is 0.529. The van der Waals surface area contributed by atoms with E-state index >= 15 is 0 Å². The highest BCUT2D eigenvalue weighted by molar-refractivity contribution is 7.98. The van der Waals surface area contributed by atoms with Gasteiger partial charge in [0.25, 0.3) is 5.91 Å². The van der Waals surface area contributed by atoms with E-state index in [0.717, 1.165) is 9.80 Å². The minimum absolute atomic E-state index is 0.173. The number of carbonyl (C=O) groups excluding carboxylic acids is 2. The second-order valence-electron chi connectivity index (χ2n) is 6.24. The fourth-order valence-electron chi connectivity index (χ4n) is 1.43. The maximum Gasteiger partial charge on any atom is 0.407 e. The molecule has 1 rings (SSSR count). The number of halogens is 2. The van der Waals surface area contributed by atoms with Crippen molar-refractivity contribution in [1.82, 2.24) is 10.2 Å². The number of hydrogen-bond donors (Lipinski definition) is 1. The number of alkyl carbamates (subject to hydrolysis) is 1. The number of nitrogens with one attached hydrogen (secondary N) is 1. The molecule has 0 aliphatic heterocycles. The van der Waals surface area contributed by atoms with Gasteiger partial charge in [-0.15, -0.1) is 11.8 Å². The van der Waals surface area contributed by atoms with E-state index in [0.29, 0.717) is 0 Å². The lowest BCUT2D eigenvalue weighted by atomic mass is 10.2. The summed E-state index contributed by atoms with van der Waals surface area (Å²) in [6.07, 6.45) is -0.517. The number of rotatable bonds is 4. The zero-order valence-corrected chi connectivity index (χ0v) is 16.2. The van der Waals surface area contributed by atoms with Crippen molar-refractivity contribution in [3.05, 3.63) is 30.1 Å². The summed E-state index contributed by atoms with van der Waals surface area (Å²) in [6.45, 7) is 4.71. The largest absolute Gasteiger partial charge is 0.444 e. The summed E-state index contributed by atoms with van der Waals surface area (Å²) in [4.78, 5) is 24.5. The number of alkyl halides is 1. The van der Waals surface area contributed by atoms with Crippen LogP contribution in [0.1, 0.15) is 20.8 Å². The first-order chi connectivity index (χ1) is 11.5. The van der Waals surface area contributed by atoms with Crippen molar-refractivity contribution in [3.63, 3.8) is 0 Å². The number of thioether (sulfide) groups is 1. The van der Waals surface area contributed by atoms with Crippen LogP contribution in [0.4, 0.5) is 13.6 Å². The van der Waals surface area contributed by atoms with Gasteiger partial charge in [-0.25, -0.2) is 13.6 Å². The Balaban J connectivity index is 0.000000535. The van der Waals surface area contributed by atoms with Gasteiger partial charge >= 0.3 is 6.09 Å². The molecule has 1 atom stereocenters. The molecule has 2 amide bonds. The standard InChI is InChI=1S/C10H19FN2O3.C7H7FS/c1-10(2,3)16-9(15)12-6-7(11)8(14)13(4)5;1-9-7-4-2-6(8)3-5-7/h7H,6H2,1-5H3,(H,12,15);2-5H,1H3. The second-order valence-corrected chi connectivity index (χ2v) is 7.12. The SMILES string of the molecule is CN(C)C(=O)C(F)CNC(=O)OC(C)(C)C.CSc1ccc(F)cc1. The predicted octanol–water partition coefficient (Wildman–Crippen LogP) is 3.49. The average Bonchev–Trinajstić information content (AvgIpc) is 2.51. The van der Waals surface area contributed by atoms with Gasteiger partial charge in [0.2, 0.25) is 0 Å². The minimum atomic E-state index is -1.75. The van der Waals surface area contributed by atoms with Crippen LogP contribution in [-0.4, -0.2) is 55.6 Å². The third-order valence-corrected chi connectivity index (χ3v) is 3.33. The number of benzene rings is 1. The Labute approximate surface area is 152 Å². The quantitative estimate of drug-likeness (QED) is 0.818. The molecule has 25 heavy (non-hydrogen) atoms. The fourth-order valence-corrected chi connectivity index (χ4v) is 1.83. The van der Waals surface area contributed by atoms with Crippen molar-refractivity contribution < 1.29 is 23.1 Å². The number of ether oxygens (including phenoxy) is 1. The van der Waals surface area contributed by atoms with E-state index in [-0.39, 0.29) is 12.4 Å². The Morgan fingerprint density at radius 1 is 1.24 bits per heavy atom. The highest BCUT2D eigenvalue weighted by Crippen LogP contribution is 2.13. The first kappa shape index (κ1) is 23.2. The van der Waals surface area contributed by atoms with Crippen LogP contribution < -0.4 is 5.32 Å². The van der Waals surface area contributed by atoms with E-state index in [1.807, 2.05) is 6.26 Å². The minimum Gasteiger partial charge on any atom is -0.444 e. The molecule has 0 aliphatic carbocycles. The molecule has 1 unspecified atom stereocenters. The van der Waals surface area contributed by atoms with Crippen molar-refractivity contribution in [3.8, 4) is 0 Å². The summed E-state index contributed by atoms with van der Waals surface area (Å²) < 4.78 is 30.3. The highest BCUT2D eigenvalue weighted by Gasteiger charge is 2.22. The van der Waals surface area contributed by atoms with Crippen molar-refractivity contribution in [2.75, 3.05) is 26.9 Å². The molecule has 142 valence electrons. The van der Waals surface area contributed by atoms with Gasteiger partial charge in [-0.3, -0.25) is 4.79 Å². The van der Waals surface area contributed by atoms with Crippen LogP contribution in [0.5, 0.6) is 0 Å². The monoisotopic (exact) mass is 376 g/mol.